The lowest BCUT2D eigenvalue weighted by atomic mass is 10.1. The monoisotopic (exact) mass is 479 g/mol. The fourth-order valence-corrected chi connectivity index (χ4v) is 3.99. The molecule has 0 aliphatic rings. The van der Waals surface area contributed by atoms with Crippen molar-refractivity contribution in [1.82, 2.24) is 10.2 Å². The molecule has 0 heterocycles. The zero-order valence-electron chi connectivity index (χ0n) is 16.1. The van der Waals surface area contributed by atoms with Crippen molar-refractivity contribution < 1.29 is 14.5 Å². The molecule has 0 aromatic heterocycles. The van der Waals surface area contributed by atoms with Crippen LogP contribution >= 0.6 is 27.7 Å². The van der Waals surface area contributed by atoms with Gasteiger partial charge in [-0.15, -0.1) is 11.8 Å². The van der Waals surface area contributed by atoms with Crippen molar-refractivity contribution in [2.45, 2.75) is 25.3 Å². The lowest BCUT2D eigenvalue weighted by molar-refractivity contribution is -0.384. The molecule has 154 valence electrons. The molecule has 0 saturated heterocycles. The number of carbonyl (C=O) groups is 2. The van der Waals surface area contributed by atoms with Crippen LogP contribution in [0.4, 0.5) is 5.69 Å². The Morgan fingerprint density at radius 2 is 1.90 bits per heavy atom. The second-order valence-corrected chi connectivity index (χ2v) is 8.26. The summed E-state index contributed by atoms with van der Waals surface area (Å²) in [4.78, 5) is 36.8. The van der Waals surface area contributed by atoms with Gasteiger partial charge in [-0.1, -0.05) is 40.2 Å². The van der Waals surface area contributed by atoms with Crippen LogP contribution in [0.15, 0.2) is 53.0 Å². The van der Waals surface area contributed by atoms with Crippen LogP contribution in [-0.2, 0) is 21.9 Å². The van der Waals surface area contributed by atoms with E-state index in [4.69, 9.17) is 0 Å². The Hall–Kier alpha value is -2.39. The molecular formula is C20H22BrN3O4S. The number of nitro benzene ring substituents is 1. The molecular weight excluding hydrogens is 458 g/mol. The Kier molecular flexibility index (Phi) is 8.66. The highest BCUT2D eigenvalue weighted by Crippen LogP contribution is 2.19. The van der Waals surface area contributed by atoms with Crippen molar-refractivity contribution >= 4 is 45.2 Å². The van der Waals surface area contributed by atoms with E-state index in [1.165, 1.54) is 23.9 Å². The van der Waals surface area contributed by atoms with Crippen molar-refractivity contribution in [3.8, 4) is 0 Å². The molecule has 7 nitrogen and oxygen atoms in total. The van der Waals surface area contributed by atoms with E-state index in [9.17, 15) is 19.7 Å². The van der Waals surface area contributed by atoms with E-state index in [2.05, 4.69) is 21.2 Å². The van der Waals surface area contributed by atoms with E-state index in [0.717, 1.165) is 15.6 Å². The summed E-state index contributed by atoms with van der Waals surface area (Å²) in [6.07, 6.45) is 0. The number of non-ortho nitro benzene ring substituents is 1. The number of nitrogens with one attached hydrogen (secondary N) is 1. The molecule has 0 unspecified atom stereocenters. The van der Waals surface area contributed by atoms with Crippen LogP contribution in [-0.4, -0.2) is 40.5 Å². The summed E-state index contributed by atoms with van der Waals surface area (Å²) in [7, 11) is 1.55. The van der Waals surface area contributed by atoms with Crippen LogP contribution in [0.5, 0.6) is 0 Å². The summed E-state index contributed by atoms with van der Waals surface area (Å²) >= 11 is 4.83. The number of nitrogens with zero attached hydrogens (tertiary/aromatic N) is 2. The van der Waals surface area contributed by atoms with E-state index >= 15 is 0 Å². The summed E-state index contributed by atoms with van der Waals surface area (Å²) in [6, 6.07) is 13.3. The van der Waals surface area contributed by atoms with E-state index in [0.29, 0.717) is 12.3 Å². The average molecular weight is 480 g/mol. The highest BCUT2D eigenvalue weighted by Gasteiger charge is 2.25. The molecule has 0 aliphatic heterocycles. The minimum Gasteiger partial charge on any atom is -0.357 e. The van der Waals surface area contributed by atoms with Gasteiger partial charge in [-0.2, -0.15) is 0 Å². The number of nitro groups is 1. The molecule has 0 aliphatic carbocycles. The first-order valence-corrected chi connectivity index (χ1v) is 10.8. The predicted octanol–water partition coefficient (Wildman–Crippen LogP) is 3.75. The molecule has 2 amide bonds. The van der Waals surface area contributed by atoms with Gasteiger partial charge in [0.2, 0.25) is 11.8 Å². The van der Waals surface area contributed by atoms with Gasteiger partial charge >= 0.3 is 0 Å². The highest BCUT2D eigenvalue weighted by atomic mass is 79.9. The Morgan fingerprint density at radius 3 is 2.48 bits per heavy atom. The minimum absolute atomic E-state index is 0.0365. The van der Waals surface area contributed by atoms with Gasteiger partial charge in [0.05, 0.1) is 10.7 Å². The summed E-state index contributed by atoms with van der Waals surface area (Å²) in [6.45, 7) is 2.03. The number of thioether (sulfide) groups is 1. The second kappa shape index (κ2) is 11.0. The summed E-state index contributed by atoms with van der Waals surface area (Å²) in [5.41, 5.74) is 1.85. The molecule has 1 N–H and O–H groups in total. The zero-order valence-corrected chi connectivity index (χ0v) is 18.5. The largest absolute Gasteiger partial charge is 0.357 e. The van der Waals surface area contributed by atoms with Crippen molar-refractivity contribution in [3.63, 3.8) is 0 Å². The van der Waals surface area contributed by atoms with Crippen molar-refractivity contribution in [1.29, 1.82) is 0 Å². The molecule has 0 bridgehead atoms. The van der Waals surface area contributed by atoms with E-state index in [-0.39, 0.29) is 23.3 Å². The average Bonchev–Trinajstić information content (AvgIpc) is 2.71. The van der Waals surface area contributed by atoms with Gasteiger partial charge < -0.3 is 10.2 Å². The molecule has 9 heteroatoms. The first-order valence-electron chi connectivity index (χ1n) is 8.88. The standard InChI is InChI=1S/C20H22BrN3O4S/c1-14(20(26)22-2)23(11-16-4-3-5-17(21)10-16)19(25)13-29-12-15-6-8-18(9-7-15)24(27)28/h3-10,14H,11-13H2,1-2H3,(H,22,26)/t14-/m0/s1. The van der Waals surface area contributed by atoms with Crippen LogP contribution < -0.4 is 5.32 Å². The van der Waals surface area contributed by atoms with Crippen LogP contribution in [0.25, 0.3) is 0 Å². The number of hydrogen-bond acceptors (Lipinski definition) is 5. The van der Waals surface area contributed by atoms with Crippen LogP contribution in [0.2, 0.25) is 0 Å². The number of hydrogen-bond donors (Lipinski definition) is 1. The minimum atomic E-state index is -0.605. The van der Waals surface area contributed by atoms with Crippen molar-refractivity contribution in [2.24, 2.45) is 0 Å². The highest BCUT2D eigenvalue weighted by molar-refractivity contribution is 9.10. The van der Waals surface area contributed by atoms with Gasteiger partial charge in [-0.05, 0) is 30.2 Å². The Labute approximate surface area is 182 Å². The van der Waals surface area contributed by atoms with Crippen molar-refractivity contribution in [2.75, 3.05) is 12.8 Å². The van der Waals surface area contributed by atoms with Gasteiger partial charge in [0.15, 0.2) is 0 Å². The number of halogens is 1. The first-order chi connectivity index (χ1) is 13.8. The number of rotatable bonds is 9. The zero-order chi connectivity index (χ0) is 21.4. The van der Waals surface area contributed by atoms with Crippen LogP contribution in [0, 0.1) is 10.1 Å². The molecule has 1 atom stereocenters. The normalized spacial score (nSPS) is 11.6. The van der Waals surface area contributed by atoms with Gasteiger partial charge in [0.25, 0.3) is 5.69 Å². The quantitative estimate of drug-likeness (QED) is 0.436. The molecule has 0 spiro atoms. The van der Waals surface area contributed by atoms with Gasteiger partial charge in [0.1, 0.15) is 6.04 Å². The first kappa shape index (κ1) is 22.9. The van der Waals surface area contributed by atoms with E-state index in [1.807, 2.05) is 24.3 Å². The van der Waals surface area contributed by atoms with Gasteiger partial charge in [-0.25, -0.2) is 0 Å². The molecule has 2 rings (SSSR count). The third-order valence-corrected chi connectivity index (χ3v) is 5.78. The Balaban J connectivity index is 2.02. The van der Waals surface area contributed by atoms with Crippen LogP contribution in [0.3, 0.4) is 0 Å². The Morgan fingerprint density at radius 1 is 1.21 bits per heavy atom. The molecule has 2 aromatic carbocycles. The third-order valence-electron chi connectivity index (χ3n) is 4.30. The van der Waals surface area contributed by atoms with Gasteiger partial charge in [0, 0.05) is 36.0 Å². The smallest absolute Gasteiger partial charge is 0.269 e. The lowest BCUT2D eigenvalue weighted by Crippen LogP contribution is -2.47. The Bertz CT molecular complexity index is 876. The summed E-state index contributed by atoms with van der Waals surface area (Å²) < 4.78 is 0.905. The molecule has 0 saturated carbocycles. The molecule has 0 fully saturated rings. The fraction of sp³-hybridized carbons (Fsp3) is 0.300. The maximum absolute atomic E-state index is 12.9. The molecule has 2 aromatic rings. The second-order valence-electron chi connectivity index (χ2n) is 6.36. The third kappa shape index (κ3) is 6.86. The van der Waals surface area contributed by atoms with E-state index < -0.39 is 11.0 Å². The SMILES string of the molecule is CNC(=O)[C@H](C)N(Cc1cccc(Br)c1)C(=O)CSCc1ccc([N+](=O)[O-])cc1. The lowest BCUT2D eigenvalue weighted by Gasteiger charge is -2.28. The summed E-state index contributed by atoms with van der Waals surface area (Å²) in [5.74, 6) is 0.372. The van der Waals surface area contributed by atoms with Gasteiger partial charge in [-0.3, -0.25) is 19.7 Å². The van der Waals surface area contributed by atoms with E-state index in [1.54, 1.807) is 31.0 Å². The predicted molar refractivity (Wildman–Crippen MR) is 117 cm³/mol. The molecule has 29 heavy (non-hydrogen) atoms. The van der Waals surface area contributed by atoms with Crippen molar-refractivity contribution in [3.05, 3.63) is 74.2 Å². The molecule has 0 radical (unpaired) electrons. The fourth-order valence-electron chi connectivity index (χ4n) is 2.68. The number of carbonyl (C=O) groups excluding carboxylic acids is 2. The number of benzene rings is 2. The number of likely N-dealkylation sites (N-methyl/N-ethyl adjacent to an activating group) is 1. The maximum Gasteiger partial charge on any atom is 0.269 e. The maximum atomic E-state index is 12.9. The number of amides is 2. The van der Waals surface area contributed by atoms with Crippen LogP contribution in [0.1, 0.15) is 18.1 Å². The summed E-state index contributed by atoms with van der Waals surface area (Å²) in [5, 5.41) is 13.3. The topological polar surface area (TPSA) is 92.6 Å².